The molecule has 0 aliphatic heterocycles. The lowest BCUT2D eigenvalue weighted by Crippen LogP contribution is -2.75. The van der Waals surface area contributed by atoms with Gasteiger partial charge in [-0.15, -0.1) is 0 Å². The molecule has 0 saturated heterocycles. The molecule has 5 atom stereocenters. The Labute approximate surface area is 240 Å². The van der Waals surface area contributed by atoms with E-state index in [0.717, 1.165) is 24.8 Å². The highest BCUT2D eigenvalue weighted by Gasteiger charge is 2.85. The Morgan fingerprint density at radius 3 is 2.30 bits per heavy atom. The zero-order chi connectivity index (χ0) is 29.3. The van der Waals surface area contributed by atoms with Gasteiger partial charge in [0.2, 0.25) is 0 Å². The minimum atomic E-state index is -1.85. The molecule has 214 valence electrons. The van der Waals surface area contributed by atoms with Crippen molar-refractivity contribution in [1.29, 1.82) is 0 Å². The van der Waals surface area contributed by atoms with E-state index in [1.807, 2.05) is 19.9 Å². The lowest BCUT2D eigenvalue weighted by Gasteiger charge is -2.60. The van der Waals surface area contributed by atoms with Crippen molar-refractivity contribution in [3.8, 4) is 0 Å². The third-order valence-corrected chi connectivity index (χ3v) is 11.6. The topological polar surface area (TPSA) is 68.3 Å². The number of benzene rings is 1. The maximum Gasteiger partial charge on any atom is 0.184 e. The summed E-state index contributed by atoms with van der Waals surface area (Å²) in [6, 6.07) is 8.82. The number of rotatable bonds is 8. The summed E-state index contributed by atoms with van der Waals surface area (Å²) in [5.41, 5.74) is -4.02. The fourth-order valence-corrected chi connectivity index (χ4v) is 9.15. The first kappa shape index (κ1) is 28.9. The van der Waals surface area contributed by atoms with Crippen LogP contribution < -0.4 is 0 Å². The Bertz CT molecular complexity index is 1310. The molecular formula is C36H46O4. The number of Topliss-reactive ketones (excluding diaryl/α,β-unsaturated/α-hetero) is 4. The van der Waals surface area contributed by atoms with Crippen LogP contribution in [0.2, 0.25) is 0 Å². The maximum absolute atomic E-state index is 15.1. The van der Waals surface area contributed by atoms with Gasteiger partial charge >= 0.3 is 0 Å². The van der Waals surface area contributed by atoms with E-state index in [-0.39, 0.29) is 35.2 Å². The molecule has 5 aliphatic rings. The van der Waals surface area contributed by atoms with Crippen molar-refractivity contribution < 1.29 is 19.2 Å². The summed E-state index contributed by atoms with van der Waals surface area (Å²) in [4.78, 5) is 59.7. The van der Waals surface area contributed by atoms with Gasteiger partial charge in [-0.05, 0) is 80.5 Å². The van der Waals surface area contributed by atoms with E-state index < -0.39 is 33.2 Å². The SMILES string of the molecule is CC(=CC[C@]12C[C@H]3C[C@H]4C(C)(C)CC[C@@]4(C1=O)C(=O)[C@](C(=O)c1ccccc1)(C2=O)C3(C)C)CC/C=C/C(C)C. The number of allylic oxidation sites excluding steroid dienone is 4. The fraction of sp³-hybridized carbons (Fsp3) is 0.611. The highest BCUT2D eigenvalue weighted by Crippen LogP contribution is 2.75. The van der Waals surface area contributed by atoms with Gasteiger partial charge in [0.05, 0.1) is 10.8 Å². The van der Waals surface area contributed by atoms with Crippen LogP contribution in [0, 0.1) is 44.8 Å². The van der Waals surface area contributed by atoms with Crippen LogP contribution in [0.5, 0.6) is 0 Å². The second-order valence-electron chi connectivity index (χ2n) is 14.9. The van der Waals surface area contributed by atoms with E-state index in [0.29, 0.717) is 30.7 Å². The van der Waals surface area contributed by atoms with Crippen molar-refractivity contribution in [2.75, 3.05) is 0 Å². The highest BCUT2D eigenvalue weighted by molar-refractivity contribution is 6.42. The summed E-state index contributed by atoms with van der Waals surface area (Å²) in [6.07, 6.45) is 10.8. The highest BCUT2D eigenvalue weighted by atomic mass is 16.2. The third kappa shape index (κ3) is 3.63. The smallest absolute Gasteiger partial charge is 0.184 e. The zero-order valence-corrected chi connectivity index (χ0v) is 25.4. The first-order valence-corrected chi connectivity index (χ1v) is 15.3. The monoisotopic (exact) mass is 542 g/mol. The second kappa shape index (κ2) is 9.46. The van der Waals surface area contributed by atoms with E-state index in [1.165, 1.54) is 0 Å². The standard InChI is InChI=1S/C36H46O4/c1-23(2)13-11-12-14-24(3)17-18-34-22-26-21-27-32(4,5)19-20-35(27,29(34)38)31(40)36(30(34)39,33(26,6)7)28(37)25-15-9-8-10-16-25/h8-11,13,15-17,23,26-27H,12,14,18-22H2,1-7H3/b13-11+,24-17?/t26-,27+,34+,35-,36+/m1/s1. The van der Waals surface area contributed by atoms with Crippen molar-refractivity contribution in [1.82, 2.24) is 0 Å². The number of carbonyl (C=O) groups is 4. The zero-order valence-electron chi connectivity index (χ0n) is 25.4. The summed E-state index contributed by atoms with van der Waals surface area (Å²) in [5, 5.41) is 0. The average molecular weight is 543 g/mol. The van der Waals surface area contributed by atoms with Crippen LogP contribution >= 0.6 is 0 Å². The first-order chi connectivity index (χ1) is 18.7. The van der Waals surface area contributed by atoms with Gasteiger partial charge in [0.1, 0.15) is 0 Å². The molecule has 5 saturated carbocycles. The van der Waals surface area contributed by atoms with Crippen molar-refractivity contribution in [2.24, 2.45) is 44.8 Å². The predicted molar refractivity (Wildman–Crippen MR) is 158 cm³/mol. The van der Waals surface area contributed by atoms with Crippen LogP contribution in [0.1, 0.15) is 104 Å². The van der Waals surface area contributed by atoms with E-state index >= 15 is 9.59 Å². The molecule has 1 aromatic carbocycles. The molecule has 0 amide bonds. The van der Waals surface area contributed by atoms with Gasteiger partial charge in [-0.2, -0.15) is 0 Å². The van der Waals surface area contributed by atoms with Crippen LogP contribution in [0.3, 0.4) is 0 Å². The molecule has 5 fully saturated rings. The van der Waals surface area contributed by atoms with Gasteiger partial charge in [-0.1, -0.05) is 95.7 Å². The van der Waals surface area contributed by atoms with E-state index in [9.17, 15) is 9.59 Å². The Hall–Kier alpha value is -2.62. The molecule has 0 radical (unpaired) electrons. The lowest BCUT2D eigenvalue weighted by molar-refractivity contribution is -0.181. The fourth-order valence-electron chi connectivity index (χ4n) is 9.15. The molecule has 4 nitrogen and oxygen atoms in total. The molecule has 0 aromatic heterocycles. The van der Waals surface area contributed by atoms with E-state index in [4.69, 9.17) is 0 Å². The molecule has 1 aromatic rings. The Morgan fingerprint density at radius 2 is 1.65 bits per heavy atom. The number of hydrogen-bond acceptors (Lipinski definition) is 4. The normalized spacial score (nSPS) is 36.0. The van der Waals surface area contributed by atoms with Gasteiger partial charge in [0, 0.05) is 5.56 Å². The summed E-state index contributed by atoms with van der Waals surface area (Å²) in [5.74, 6) is -1.14. The molecule has 40 heavy (non-hydrogen) atoms. The molecule has 4 heteroatoms. The summed E-state index contributed by atoms with van der Waals surface area (Å²) in [7, 11) is 0. The minimum Gasteiger partial charge on any atom is -0.297 e. The predicted octanol–water partition coefficient (Wildman–Crippen LogP) is 7.76. The second-order valence-corrected chi connectivity index (χ2v) is 14.9. The average Bonchev–Trinajstić information content (AvgIpc) is 3.08. The molecule has 6 rings (SSSR count). The minimum absolute atomic E-state index is 0.0832. The number of ketones is 4. The van der Waals surface area contributed by atoms with E-state index in [1.54, 1.807) is 24.3 Å². The molecule has 5 aliphatic carbocycles. The first-order valence-electron chi connectivity index (χ1n) is 15.3. The maximum atomic E-state index is 15.1. The summed E-state index contributed by atoms with van der Waals surface area (Å²) in [6.45, 7) is 14.6. The Kier molecular flexibility index (Phi) is 6.83. The molecule has 1 spiro atoms. The number of carbonyl (C=O) groups excluding carboxylic acids is 4. The Morgan fingerprint density at radius 1 is 0.975 bits per heavy atom. The Balaban J connectivity index is 1.69. The molecule has 0 heterocycles. The van der Waals surface area contributed by atoms with Crippen molar-refractivity contribution in [3.05, 3.63) is 59.7 Å². The van der Waals surface area contributed by atoms with Crippen molar-refractivity contribution in [2.45, 2.75) is 93.4 Å². The van der Waals surface area contributed by atoms with Crippen LogP contribution in [0.25, 0.3) is 0 Å². The van der Waals surface area contributed by atoms with Gasteiger partial charge in [-0.3, -0.25) is 19.2 Å². The van der Waals surface area contributed by atoms with Crippen molar-refractivity contribution >= 4 is 23.1 Å². The third-order valence-electron chi connectivity index (χ3n) is 11.6. The molecular weight excluding hydrogens is 496 g/mol. The largest absolute Gasteiger partial charge is 0.297 e. The van der Waals surface area contributed by atoms with Crippen molar-refractivity contribution in [3.63, 3.8) is 0 Å². The van der Waals surface area contributed by atoms with E-state index in [2.05, 4.69) is 52.8 Å². The summed E-state index contributed by atoms with van der Waals surface area (Å²) < 4.78 is 0. The van der Waals surface area contributed by atoms with Gasteiger partial charge in [-0.25, -0.2) is 0 Å². The van der Waals surface area contributed by atoms with Crippen LogP contribution in [-0.4, -0.2) is 23.1 Å². The molecule has 0 unspecified atom stereocenters. The van der Waals surface area contributed by atoms with Gasteiger partial charge in [0.15, 0.2) is 28.5 Å². The summed E-state index contributed by atoms with van der Waals surface area (Å²) >= 11 is 0. The quantitative estimate of drug-likeness (QED) is 0.191. The van der Waals surface area contributed by atoms with Gasteiger partial charge in [0.25, 0.3) is 0 Å². The van der Waals surface area contributed by atoms with Gasteiger partial charge < -0.3 is 0 Å². The number of hydrogen-bond donors (Lipinski definition) is 0. The van der Waals surface area contributed by atoms with Crippen LogP contribution in [-0.2, 0) is 14.4 Å². The lowest BCUT2D eigenvalue weighted by atomic mass is 9.37. The van der Waals surface area contributed by atoms with Crippen LogP contribution in [0.15, 0.2) is 54.1 Å². The van der Waals surface area contributed by atoms with Crippen LogP contribution in [0.4, 0.5) is 0 Å². The molecule has 4 bridgehead atoms. The molecule has 0 N–H and O–H groups in total.